The van der Waals surface area contributed by atoms with Gasteiger partial charge in [0.2, 0.25) is 0 Å². The number of halogens is 2. The van der Waals surface area contributed by atoms with Crippen molar-refractivity contribution in [2.24, 2.45) is 5.73 Å². The average molecular weight is 302 g/mol. The topological polar surface area (TPSA) is 58.4 Å². The first-order valence-corrected chi connectivity index (χ1v) is 7.09. The summed E-state index contributed by atoms with van der Waals surface area (Å²) in [5.41, 5.74) is 6.31. The quantitative estimate of drug-likeness (QED) is 0.880. The number of anilines is 1. The Hall–Kier alpha value is -0.970. The summed E-state index contributed by atoms with van der Waals surface area (Å²) in [6.07, 6.45) is 3.09. The fourth-order valence-electron chi connectivity index (χ4n) is 2.33. The smallest absolute Gasteiger partial charge is 0.322 e. The third-order valence-electron chi connectivity index (χ3n) is 3.27. The molecule has 0 bridgehead atoms. The molecule has 2 rings (SSSR count). The molecule has 1 unspecified atom stereocenters. The van der Waals surface area contributed by atoms with Crippen LogP contribution in [0.15, 0.2) is 18.2 Å². The van der Waals surface area contributed by atoms with Gasteiger partial charge in [-0.2, -0.15) is 0 Å². The van der Waals surface area contributed by atoms with E-state index in [1.54, 1.807) is 23.1 Å². The van der Waals surface area contributed by atoms with Crippen molar-refractivity contribution in [2.45, 2.75) is 25.3 Å². The number of carbonyl (C=O) groups excluding carboxylic acids is 1. The lowest BCUT2D eigenvalue weighted by molar-refractivity contribution is 0.166. The molecular weight excluding hydrogens is 285 g/mol. The number of rotatable bonds is 2. The number of piperidine rings is 1. The van der Waals surface area contributed by atoms with Crippen LogP contribution in [0.5, 0.6) is 0 Å². The molecule has 1 heterocycles. The summed E-state index contributed by atoms with van der Waals surface area (Å²) < 4.78 is 0. The third-order valence-corrected chi connectivity index (χ3v) is 3.71. The minimum absolute atomic E-state index is 0.114. The largest absolute Gasteiger partial charge is 0.328 e. The summed E-state index contributed by atoms with van der Waals surface area (Å²) in [6.45, 7) is 1.23. The lowest BCUT2D eigenvalue weighted by Crippen LogP contribution is -2.49. The van der Waals surface area contributed by atoms with E-state index in [0.717, 1.165) is 25.8 Å². The van der Waals surface area contributed by atoms with Crippen LogP contribution in [-0.2, 0) is 0 Å². The molecule has 1 aliphatic rings. The van der Waals surface area contributed by atoms with Crippen molar-refractivity contribution in [3.63, 3.8) is 0 Å². The number of nitrogens with two attached hydrogens (primary N) is 1. The third kappa shape index (κ3) is 3.75. The maximum Gasteiger partial charge on any atom is 0.322 e. The predicted molar refractivity (Wildman–Crippen MR) is 78.9 cm³/mol. The zero-order chi connectivity index (χ0) is 13.8. The Morgan fingerprint density at radius 3 is 2.63 bits per heavy atom. The minimum atomic E-state index is -0.145. The van der Waals surface area contributed by atoms with E-state index in [9.17, 15) is 4.79 Å². The molecule has 1 aromatic carbocycles. The summed E-state index contributed by atoms with van der Waals surface area (Å²) in [7, 11) is 0. The van der Waals surface area contributed by atoms with Crippen molar-refractivity contribution in [3.05, 3.63) is 28.2 Å². The van der Waals surface area contributed by atoms with Crippen molar-refractivity contribution in [2.75, 3.05) is 18.4 Å². The molecule has 0 saturated carbocycles. The molecule has 0 aromatic heterocycles. The molecule has 19 heavy (non-hydrogen) atoms. The van der Waals surface area contributed by atoms with E-state index in [-0.39, 0.29) is 12.1 Å². The zero-order valence-corrected chi connectivity index (χ0v) is 12.0. The fraction of sp³-hybridized carbons (Fsp3) is 0.462. The van der Waals surface area contributed by atoms with Gasteiger partial charge in [-0.3, -0.25) is 0 Å². The second kappa shape index (κ2) is 6.46. The predicted octanol–water partition coefficient (Wildman–Crippen LogP) is 3.34. The van der Waals surface area contributed by atoms with Crippen LogP contribution < -0.4 is 11.1 Å². The van der Waals surface area contributed by atoms with E-state index in [2.05, 4.69) is 5.32 Å². The van der Waals surface area contributed by atoms with Crippen LogP contribution in [-0.4, -0.2) is 30.1 Å². The SMILES string of the molecule is NCC1CCCCN1C(=O)Nc1cc(Cl)cc(Cl)c1. The molecule has 0 aliphatic carbocycles. The van der Waals surface area contributed by atoms with Gasteiger partial charge in [0.25, 0.3) is 0 Å². The van der Waals surface area contributed by atoms with Crippen LogP contribution in [0, 0.1) is 0 Å². The zero-order valence-electron chi connectivity index (χ0n) is 10.5. The van der Waals surface area contributed by atoms with E-state index in [0.29, 0.717) is 22.3 Å². The molecule has 104 valence electrons. The molecule has 1 fully saturated rings. The first-order chi connectivity index (χ1) is 9.10. The number of nitrogens with one attached hydrogen (secondary N) is 1. The Kier molecular flexibility index (Phi) is 4.91. The monoisotopic (exact) mass is 301 g/mol. The van der Waals surface area contributed by atoms with E-state index < -0.39 is 0 Å². The summed E-state index contributed by atoms with van der Waals surface area (Å²) in [6, 6.07) is 4.94. The van der Waals surface area contributed by atoms with Crippen LogP contribution in [0.2, 0.25) is 10.0 Å². The molecule has 4 nitrogen and oxygen atoms in total. The highest BCUT2D eigenvalue weighted by Gasteiger charge is 2.25. The van der Waals surface area contributed by atoms with E-state index >= 15 is 0 Å². The number of amides is 2. The van der Waals surface area contributed by atoms with Gasteiger partial charge in [0.1, 0.15) is 0 Å². The van der Waals surface area contributed by atoms with Crippen LogP contribution in [0.1, 0.15) is 19.3 Å². The number of nitrogens with zero attached hydrogens (tertiary/aromatic N) is 1. The molecule has 1 aromatic rings. The van der Waals surface area contributed by atoms with Crippen molar-refractivity contribution in [3.8, 4) is 0 Å². The van der Waals surface area contributed by atoms with Crippen LogP contribution >= 0.6 is 23.2 Å². The second-order valence-electron chi connectivity index (χ2n) is 4.67. The maximum atomic E-state index is 12.2. The van der Waals surface area contributed by atoms with Gasteiger partial charge in [-0.1, -0.05) is 23.2 Å². The summed E-state index contributed by atoms with van der Waals surface area (Å²) in [4.78, 5) is 14.0. The van der Waals surface area contributed by atoms with E-state index in [1.165, 1.54) is 0 Å². The molecule has 1 atom stereocenters. The van der Waals surface area contributed by atoms with Crippen LogP contribution in [0.3, 0.4) is 0 Å². The maximum absolute atomic E-state index is 12.2. The Balaban J connectivity index is 2.07. The van der Waals surface area contributed by atoms with Crippen LogP contribution in [0.4, 0.5) is 10.5 Å². The Morgan fingerprint density at radius 2 is 2.00 bits per heavy atom. The summed E-state index contributed by atoms with van der Waals surface area (Å²) in [5, 5.41) is 3.81. The van der Waals surface area contributed by atoms with Crippen molar-refractivity contribution < 1.29 is 4.79 Å². The molecular formula is C13H17Cl2N3O. The first-order valence-electron chi connectivity index (χ1n) is 6.34. The number of urea groups is 1. The van der Waals surface area contributed by atoms with E-state index in [1.807, 2.05) is 0 Å². The highest BCUT2D eigenvalue weighted by Crippen LogP contribution is 2.23. The van der Waals surface area contributed by atoms with Gasteiger partial charge in [-0.25, -0.2) is 4.79 Å². The fourth-order valence-corrected chi connectivity index (χ4v) is 2.86. The van der Waals surface area contributed by atoms with Crippen molar-refractivity contribution in [1.29, 1.82) is 0 Å². The minimum Gasteiger partial charge on any atom is -0.328 e. The van der Waals surface area contributed by atoms with Gasteiger partial charge in [0.15, 0.2) is 0 Å². The Labute approximate surface area is 122 Å². The van der Waals surface area contributed by atoms with Crippen molar-refractivity contribution >= 4 is 34.9 Å². The number of benzene rings is 1. The Bertz CT molecular complexity index is 447. The van der Waals surface area contributed by atoms with Gasteiger partial charge < -0.3 is 16.0 Å². The highest BCUT2D eigenvalue weighted by atomic mass is 35.5. The number of carbonyl (C=O) groups is 1. The van der Waals surface area contributed by atoms with Gasteiger partial charge in [-0.05, 0) is 37.5 Å². The summed E-state index contributed by atoms with van der Waals surface area (Å²) in [5.74, 6) is 0. The van der Waals surface area contributed by atoms with E-state index in [4.69, 9.17) is 28.9 Å². The molecule has 2 amide bonds. The molecule has 6 heteroatoms. The lowest BCUT2D eigenvalue weighted by Gasteiger charge is -2.34. The normalized spacial score (nSPS) is 19.3. The second-order valence-corrected chi connectivity index (χ2v) is 5.54. The van der Waals surface area contributed by atoms with Gasteiger partial charge in [0, 0.05) is 34.9 Å². The number of likely N-dealkylation sites (tertiary alicyclic amines) is 1. The number of hydrogen-bond donors (Lipinski definition) is 2. The molecule has 0 radical (unpaired) electrons. The lowest BCUT2D eigenvalue weighted by atomic mass is 10.0. The molecule has 0 spiro atoms. The molecule has 3 N–H and O–H groups in total. The first kappa shape index (κ1) is 14.4. The molecule has 1 saturated heterocycles. The van der Waals surface area contributed by atoms with Crippen LogP contribution in [0.25, 0.3) is 0 Å². The standard InChI is InChI=1S/C13H17Cl2N3O/c14-9-5-10(15)7-11(6-9)17-13(19)18-4-2-1-3-12(18)8-16/h5-7,12H,1-4,8,16H2,(H,17,19). The van der Waals surface area contributed by atoms with Crippen molar-refractivity contribution in [1.82, 2.24) is 4.90 Å². The molecule has 1 aliphatic heterocycles. The average Bonchev–Trinajstić information content (AvgIpc) is 2.37. The summed E-state index contributed by atoms with van der Waals surface area (Å²) >= 11 is 11.8. The highest BCUT2D eigenvalue weighted by molar-refractivity contribution is 6.35. The van der Waals surface area contributed by atoms with Gasteiger partial charge in [0.05, 0.1) is 0 Å². The van der Waals surface area contributed by atoms with Gasteiger partial charge >= 0.3 is 6.03 Å². The van der Waals surface area contributed by atoms with Gasteiger partial charge in [-0.15, -0.1) is 0 Å². The Morgan fingerprint density at radius 1 is 1.32 bits per heavy atom. The number of hydrogen-bond acceptors (Lipinski definition) is 2.